The van der Waals surface area contributed by atoms with Crippen molar-refractivity contribution >= 4 is 16.8 Å². The highest BCUT2D eigenvalue weighted by Gasteiger charge is 2.26. The SMILES string of the molecule is NCC(NC(=O)c1cc(=O)[nH]c2ccccc12)C1CCCC1. The normalized spacial score (nSPS) is 16.8. The van der Waals surface area contributed by atoms with Crippen molar-refractivity contribution in [3.05, 3.63) is 46.2 Å². The second-order valence-electron chi connectivity index (χ2n) is 5.95. The van der Waals surface area contributed by atoms with Gasteiger partial charge in [-0.3, -0.25) is 9.59 Å². The smallest absolute Gasteiger partial charge is 0.252 e. The quantitative estimate of drug-likeness (QED) is 0.804. The number of nitrogens with one attached hydrogen (secondary N) is 2. The fourth-order valence-electron chi connectivity index (χ4n) is 3.37. The lowest BCUT2D eigenvalue weighted by atomic mass is 9.97. The molecule has 1 fully saturated rings. The van der Waals surface area contributed by atoms with Gasteiger partial charge in [-0.1, -0.05) is 31.0 Å². The number of hydrogen-bond acceptors (Lipinski definition) is 3. The average molecular weight is 299 g/mol. The summed E-state index contributed by atoms with van der Waals surface area (Å²) in [5, 5.41) is 3.78. The molecule has 0 spiro atoms. The topological polar surface area (TPSA) is 88.0 Å². The van der Waals surface area contributed by atoms with Crippen LogP contribution in [0.4, 0.5) is 0 Å². The second kappa shape index (κ2) is 6.32. The van der Waals surface area contributed by atoms with Crippen molar-refractivity contribution in [3.8, 4) is 0 Å². The largest absolute Gasteiger partial charge is 0.348 e. The van der Waals surface area contributed by atoms with Crippen molar-refractivity contribution in [3.63, 3.8) is 0 Å². The molecule has 2 aromatic rings. The number of carbonyl (C=O) groups is 1. The first-order chi connectivity index (χ1) is 10.7. The predicted octanol–water partition coefficient (Wildman–Crippen LogP) is 1.78. The van der Waals surface area contributed by atoms with Gasteiger partial charge in [-0.05, 0) is 24.8 Å². The maximum absolute atomic E-state index is 12.6. The first-order valence-corrected chi connectivity index (χ1v) is 7.82. The van der Waals surface area contributed by atoms with Crippen molar-refractivity contribution < 1.29 is 4.79 Å². The van der Waals surface area contributed by atoms with Crippen LogP contribution < -0.4 is 16.6 Å². The Kier molecular flexibility index (Phi) is 4.24. The Labute approximate surface area is 128 Å². The van der Waals surface area contributed by atoms with E-state index in [1.54, 1.807) is 6.07 Å². The van der Waals surface area contributed by atoms with Crippen LogP contribution in [0, 0.1) is 5.92 Å². The molecule has 116 valence electrons. The third-order valence-corrected chi connectivity index (χ3v) is 4.53. The van der Waals surface area contributed by atoms with Crippen molar-refractivity contribution in [1.29, 1.82) is 0 Å². The summed E-state index contributed by atoms with van der Waals surface area (Å²) in [5.74, 6) is 0.229. The number of nitrogens with two attached hydrogens (primary N) is 1. The summed E-state index contributed by atoms with van der Waals surface area (Å²) in [7, 11) is 0. The summed E-state index contributed by atoms with van der Waals surface area (Å²) in [6, 6.07) is 8.67. The molecule has 5 heteroatoms. The summed E-state index contributed by atoms with van der Waals surface area (Å²) < 4.78 is 0. The van der Waals surface area contributed by atoms with E-state index in [0.717, 1.165) is 18.2 Å². The molecule has 1 aromatic carbocycles. The van der Waals surface area contributed by atoms with E-state index < -0.39 is 0 Å². The Balaban J connectivity index is 1.89. The van der Waals surface area contributed by atoms with E-state index >= 15 is 0 Å². The Hall–Kier alpha value is -2.14. The van der Waals surface area contributed by atoms with Crippen LogP contribution in [0.1, 0.15) is 36.0 Å². The van der Waals surface area contributed by atoms with Crippen LogP contribution >= 0.6 is 0 Å². The number of benzene rings is 1. The van der Waals surface area contributed by atoms with Crippen LogP contribution in [-0.4, -0.2) is 23.5 Å². The minimum absolute atomic E-state index is 0.0203. The molecule has 0 aliphatic heterocycles. The number of aromatic amines is 1. The van der Waals surface area contributed by atoms with E-state index in [0.29, 0.717) is 23.5 Å². The van der Waals surface area contributed by atoms with Gasteiger partial charge in [0.15, 0.2) is 0 Å². The van der Waals surface area contributed by atoms with E-state index in [1.807, 2.05) is 18.2 Å². The molecule has 3 rings (SSSR count). The number of H-pyrrole nitrogens is 1. The lowest BCUT2D eigenvalue weighted by molar-refractivity contribution is 0.0925. The molecule has 1 amide bonds. The van der Waals surface area contributed by atoms with Gasteiger partial charge in [-0.25, -0.2) is 0 Å². The van der Waals surface area contributed by atoms with E-state index in [-0.39, 0.29) is 17.5 Å². The summed E-state index contributed by atoms with van der Waals surface area (Å²) in [5.41, 5.74) is 6.65. The standard InChI is InChI=1S/C17H21N3O2/c18-10-15(11-5-1-2-6-11)20-17(22)13-9-16(21)19-14-8-4-3-7-12(13)14/h3-4,7-9,11,15H,1-2,5-6,10,18H2,(H,19,21)(H,20,22). The molecule has 5 nitrogen and oxygen atoms in total. The molecule has 1 heterocycles. The van der Waals surface area contributed by atoms with Crippen molar-refractivity contribution in [2.75, 3.05) is 6.54 Å². The van der Waals surface area contributed by atoms with Gasteiger partial charge in [-0.15, -0.1) is 0 Å². The van der Waals surface area contributed by atoms with Gasteiger partial charge in [0.2, 0.25) is 5.56 Å². The molecule has 0 saturated heterocycles. The minimum atomic E-state index is -0.269. The fraction of sp³-hybridized carbons (Fsp3) is 0.412. The third kappa shape index (κ3) is 2.90. The third-order valence-electron chi connectivity index (χ3n) is 4.53. The maximum Gasteiger partial charge on any atom is 0.252 e. The first kappa shape index (κ1) is 14.8. The Morgan fingerprint density at radius 2 is 2.05 bits per heavy atom. The highest BCUT2D eigenvalue weighted by molar-refractivity contribution is 6.06. The zero-order chi connectivity index (χ0) is 15.5. The van der Waals surface area contributed by atoms with Crippen LogP contribution in [0.2, 0.25) is 0 Å². The molecule has 22 heavy (non-hydrogen) atoms. The van der Waals surface area contributed by atoms with Crippen molar-refractivity contribution in [1.82, 2.24) is 10.3 Å². The second-order valence-corrected chi connectivity index (χ2v) is 5.95. The van der Waals surface area contributed by atoms with E-state index in [1.165, 1.54) is 18.9 Å². The zero-order valence-corrected chi connectivity index (χ0v) is 12.5. The molecular weight excluding hydrogens is 278 g/mol. The van der Waals surface area contributed by atoms with Gasteiger partial charge in [0.05, 0.1) is 5.56 Å². The minimum Gasteiger partial charge on any atom is -0.348 e. The summed E-state index contributed by atoms with van der Waals surface area (Å²) in [6.45, 7) is 0.428. The number of pyridine rings is 1. The van der Waals surface area contributed by atoms with Crippen LogP contribution in [0.15, 0.2) is 35.1 Å². The lowest BCUT2D eigenvalue weighted by Crippen LogP contribution is -2.44. The molecule has 1 aliphatic rings. The van der Waals surface area contributed by atoms with Crippen molar-refractivity contribution in [2.45, 2.75) is 31.7 Å². The molecular formula is C17H21N3O2. The summed E-state index contributed by atoms with van der Waals surface area (Å²) in [6.07, 6.45) is 4.62. The highest BCUT2D eigenvalue weighted by Crippen LogP contribution is 2.27. The van der Waals surface area contributed by atoms with E-state index in [4.69, 9.17) is 5.73 Å². The molecule has 1 saturated carbocycles. The maximum atomic E-state index is 12.6. The lowest BCUT2D eigenvalue weighted by Gasteiger charge is -2.23. The first-order valence-electron chi connectivity index (χ1n) is 7.82. The van der Waals surface area contributed by atoms with Gasteiger partial charge in [-0.2, -0.15) is 0 Å². The highest BCUT2D eigenvalue weighted by atomic mass is 16.2. The number of rotatable bonds is 4. The van der Waals surface area contributed by atoms with Gasteiger partial charge >= 0.3 is 0 Å². The van der Waals surface area contributed by atoms with E-state index in [2.05, 4.69) is 10.3 Å². The zero-order valence-electron chi connectivity index (χ0n) is 12.5. The molecule has 0 bridgehead atoms. The van der Waals surface area contributed by atoms with Crippen LogP contribution in [0.25, 0.3) is 10.9 Å². The molecule has 1 atom stereocenters. The van der Waals surface area contributed by atoms with Crippen LogP contribution in [0.3, 0.4) is 0 Å². The van der Waals surface area contributed by atoms with Gasteiger partial charge in [0.25, 0.3) is 5.91 Å². The van der Waals surface area contributed by atoms with Crippen LogP contribution in [-0.2, 0) is 0 Å². The Bertz CT molecular complexity index is 732. The number of fused-ring (bicyclic) bond motifs is 1. The molecule has 1 aromatic heterocycles. The number of para-hydroxylation sites is 1. The van der Waals surface area contributed by atoms with E-state index in [9.17, 15) is 9.59 Å². The molecule has 1 unspecified atom stereocenters. The summed E-state index contributed by atoms with van der Waals surface area (Å²) >= 11 is 0. The molecule has 1 aliphatic carbocycles. The summed E-state index contributed by atoms with van der Waals surface area (Å²) in [4.78, 5) is 27.1. The number of carbonyl (C=O) groups excluding carboxylic acids is 1. The molecule has 0 radical (unpaired) electrons. The van der Waals surface area contributed by atoms with Crippen molar-refractivity contribution in [2.24, 2.45) is 11.7 Å². The van der Waals surface area contributed by atoms with Gasteiger partial charge < -0.3 is 16.0 Å². The van der Waals surface area contributed by atoms with Gasteiger partial charge in [0.1, 0.15) is 0 Å². The average Bonchev–Trinajstić information content (AvgIpc) is 3.05. The monoisotopic (exact) mass is 299 g/mol. The van der Waals surface area contributed by atoms with Crippen LogP contribution in [0.5, 0.6) is 0 Å². The number of aromatic nitrogens is 1. The predicted molar refractivity (Wildman–Crippen MR) is 86.8 cm³/mol. The Morgan fingerprint density at radius 1 is 1.32 bits per heavy atom. The van der Waals surface area contributed by atoms with Gasteiger partial charge in [0, 0.05) is 29.6 Å². The molecule has 4 N–H and O–H groups in total. The number of hydrogen-bond donors (Lipinski definition) is 3. The fourth-order valence-corrected chi connectivity index (χ4v) is 3.37. The number of amides is 1. The Morgan fingerprint density at radius 3 is 2.77 bits per heavy atom.